The molecule has 98 valence electrons. The molecule has 0 aromatic rings. The summed E-state index contributed by atoms with van der Waals surface area (Å²) >= 11 is 0. The van der Waals surface area contributed by atoms with Crippen molar-refractivity contribution >= 4 is 5.97 Å². The van der Waals surface area contributed by atoms with Gasteiger partial charge < -0.3 is 15.0 Å². The second kappa shape index (κ2) is 5.83. The van der Waals surface area contributed by atoms with Gasteiger partial charge in [0.15, 0.2) is 0 Å². The zero-order valence-corrected chi connectivity index (χ0v) is 10.9. The van der Waals surface area contributed by atoms with E-state index >= 15 is 0 Å². The van der Waals surface area contributed by atoms with Gasteiger partial charge in [0.1, 0.15) is 6.04 Å². The lowest BCUT2D eigenvalue weighted by Gasteiger charge is -2.32. The lowest BCUT2D eigenvalue weighted by atomic mass is 9.81. The van der Waals surface area contributed by atoms with E-state index in [1.54, 1.807) is 0 Å². The Balaban J connectivity index is 1.87. The van der Waals surface area contributed by atoms with Crippen LogP contribution in [0.25, 0.3) is 0 Å². The van der Waals surface area contributed by atoms with Crippen LogP contribution in [0.2, 0.25) is 0 Å². The number of rotatable bonds is 3. The highest BCUT2D eigenvalue weighted by Crippen LogP contribution is 2.31. The Bertz CT molecular complexity index is 270. The Morgan fingerprint density at radius 1 is 1.41 bits per heavy atom. The molecule has 1 N–H and O–H groups in total. The Morgan fingerprint density at radius 3 is 2.88 bits per heavy atom. The molecule has 2 rings (SSSR count). The summed E-state index contributed by atoms with van der Waals surface area (Å²) in [6.45, 7) is 6.78. The molecule has 3 atom stereocenters. The third-order valence-corrected chi connectivity index (χ3v) is 4.35. The minimum atomic E-state index is -0.0972. The van der Waals surface area contributed by atoms with Gasteiger partial charge >= 0.3 is 5.97 Å². The number of esters is 1. The molecule has 0 aromatic carbocycles. The molecule has 4 nitrogen and oxygen atoms in total. The van der Waals surface area contributed by atoms with Crippen LogP contribution in [0.4, 0.5) is 0 Å². The Hall–Kier alpha value is -0.610. The number of carbonyl (C=O) groups excluding carboxylic acids is 1. The van der Waals surface area contributed by atoms with Crippen LogP contribution in [0.15, 0.2) is 0 Å². The largest absolute Gasteiger partial charge is 0.468 e. The zero-order chi connectivity index (χ0) is 12.3. The molecule has 0 aromatic heterocycles. The van der Waals surface area contributed by atoms with Gasteiger partial charge in [-0.15, -0.1) is 0 Å². The van der Waals surface area contributed by atoms with E-state index < -0.39 is 0 Å². The van der Waals surface area contributed by atoms with Crippen molar-refractivity contribution in [3.05, 3.63) is 0 Å². The fourth-order valence-corrected chi connectivity index (χ4v) is 3.23. The van der Waals surface area contributed by atoms with Crippen molar-refractivity contribution in [1.29, 1.82) is 0 Å². The molecule has 2 aliphatic heterocycles. The van der Waals surface area contributed by atoms with E-state index in [9.17, 15) is 4.79 Å². The second-order valence-electron chi connectivity index (χ2n) is 5.26. The number of likely N-dealkylation sites (tertiary alicyclic amines) is 1. The van der Waals surface area contributed by atoms with Gasteiger partial charge in [0, 0.05) is 6.54 Å². The molecule has 0 saturated carbocycles. The number of hydrogen-bond acceptors (Lipinski definition) is 4. The summed E-state index contributed by atoms with van der Waals surface area (Å²) in [6, 6.07) is -0.0746. The first-order valence-electron chi connectivity index (χ1n) is 6.78. The van der Waals surface area contributed by atoms with E-state index in [2.05, 4.69) is 17.1 Å². The number of nitrogens with one attached hydrogen (secondary N) is 1. The number of nitrogens with zero attached hydrogens (tertiary/aromatic N) is 1. The smallest absolute Gasteiger partial charge is 0.322 e. The Morgan fingerprint density at radius 2 is 2.24 bits per heavy atom. The van der Waals surface area contributed by atoms with Crippen LogP contribution in [-0.4, -0.2) is 50.2 Å². The first-order valence-corrected chi connectivity index (χ1v) is 6.78. The maximum atomic E-state index is 11.6. The number of methoxy groups -OCH3 is 1. The van der Waals surface area contributed by atoms with Gasteiger partial charge in [0.2, 0.25) is 0 Å². The van der Waals surface area contributed by atoms with Crippen molar-refractivity contribution < 1.29 is 9.53 Å². The minimum absolute atomic E-state index is 0.0746. The van der Waals surface area contributed by atoms with Crippen molar-refractivity contribution in [2.75, 3.05) is 33.3 Å². The molecule has 0 bridgehead atoms. The van der Waals surface area contributed by atoms with Crippen molar-refractivity contribution in [3.8, 4) is 0 Å². The predicted molar refractivity (Wildman–Crippen MR) is 66.8 cm³/mol. The lowest BCUT2D eigenvalue weighted by Crippen LogP contribution is -2.45. The van der Waals surface area contributed by atoms with Gasteiger partial charge in [-0.1, -0.05) is 6.92 Å². The highest BCUT2D eigenvalue weighted by molar-refractivity contribution is 5.75. The van der Waals surface area contributed by atoms with Gasteiger partial charge in [-0.25, -0.2) is 0 Å². The highest BCUT2D eigenvalue weighted by atomic mass is 16.5. The summed E-state index contributed by atoms with van der Waals surface area (Å²) in [5.41, 5.74) is 0. The Labute approximate surface area is 104 Å². The molecular weight excluding hydrogens is 216 g/mol. The summed E-state index contributed by atoms with van der Waals surface area (Å²) in [7, 11) is 1.47. The average molecular weight is 240 g/mol. The summed E-state index contributed by atoms with van der Waals surface area (Å²) in [6.07, 6.45) is 3.46. The van der Waals surface area contributed by atoms with Crippen molar-refractivity contribution in [1.82, 2.24) is 10.2 Å². The summed E-state index contributed by atoms with van der Waals surface area (Å²) in [5, 5.41) is 3.26. The zero-order valence-electron chi connectivity index (χ0n) is 10.9. The molecule has 2 saturated heterocycles. The SMILES string of the molecule is CCN1CCC(C2CCNC(C(=O)OC)C2)C1. The van der Waals surface area contributed by atoms with E-state index in [-0.39, 0.29) is 12.0 Å². The van der Waals surface area contributed by atoms with E-state index in [4.69, 9.17) is 4.74 Å². The van der Waals surface area contributed by atoms with Gasteiger partial charge in [-0.2, -0.15) is 0 Å². The molecule has 0 amide bonds. The second-order valence-corrected chi connectivity index (χ2v) is 5.26. The van der Waals surface area contributed by atoms with Gasteiger partial charge in [-0.3, -0.25) is 4.79 Å². The summed E-state index contributed by atoms with van der Waals surface area (Å²) < 4.78 is 4.83. The topological polar surface area (TPSA) is 41.6 Å². The minimum Gasteiger partial charge on any atom is -0.468 e. The first-order chi connectivity index (χ1) is 8.24. The quantitative estimate of drug-likeness (QED) is 0.743. The van der Waals surface area contributed by atoms with E-state index in [1.807, 2.05) is 0 Å². The molecule has 3 unspecified atom stereocenters. The average Bonchev–Trinajstić information content (AvgIpc) is 2.86. The van der Waals surface area contributed by atoms with Crippen molar-refractivity contribution in [2.24, 2.45) is 11.8 Å². The first kappa shape index (κ1) is 12.8. The van der Waals surface area contributed by atoms with Crippen LogP contribution in [0.1, 0.15) is 26.2 Å². The molecule has 0 radical (unpaired) electrons. The molecule has 2 aliphatic rings. The molecule has 2 heterocycles. The van der Waals surface area contributed by atoms with Crippen LogP contribution in [0, 0.1) is 11.8 Å². The maximum absolute atomic E-state index is 11.6. The molecular formula is C13H24N2O2. The maximum Gasteiger partial charge on any atom is 0.322 e. The molecule has 2 fully saturated rings. The molecule has 17 heavy (non-hydrogen) atoms. The van der Waals surface area contributed by atoms with Crippen LogP contribution in [0.5, 0.6) is 0 Å². The number of ether oxygens (including phenoxy) is 1. The molecule has 0 aliphatic carbocycles. The van der Waals surface area contributed by atoms with E-state index in [0.29, 0.717) is 5.92 Å². The van der Waals surface area contributed by atoms with Crippen LogP contribution < -0.4 is 5.32 Å². The van der Waals surface area contributed by atoms with E-state index in [0.717, 1.165) is 25.4 Å². The van der Waals surface area contributed by atoms with Crippen LogP contribution in [-0.2, 0) is 9.53 Å². The Kier molecular flexibility index (Phi) is 4.40. The van der Waals surface area contributed by atoms with E-state index in [1.165, 1.54) is 33.0 Å². The third kappa shape index (κ3) is 2.99. The van der Waals surface area contributed by atoms with Crippen molar-refractivity contribution in [2.45, 2.75) is 32.2 Å². The fraction of sp³-hybridized carbons (Fsp3) is 0.923. The molecule has 0 spiro atoms. The third-order valence-electron chi connectivity index (χ3n) is 4.35. The standard InChI is InChI=1S/C13H24N2O2/c1-3-15-7-5-11(9-15)10-4-6-14-12(8-10)13(16)17-2/h10-12,14H,3-9H2,1-2H3. The summed E-state index contributed by atoms with van der Waals surface area (Å²) in [5.74, 6) is 1.38. The molecule has 4 heteroatoms. The normalized spacial score (nSPS) is 34.8. The summed E-state index contributed by atoms with van der Waals surface area (Å²) in [4.78, 5) is 14.1. The predicted octanol–water partition coefficient (Wildman–Crippen LogP) is 0.869. The van der Waals surface area contributed by atoms with Gasteiger partial charge in [-0.05, 0) is 50.7 Å². The highest BCUT2D eigenvalue weighted by Gasteiger charge is 2.34. The number of carbonyl (C=O) groups is 1. The lowest BCUT2D eigenvalue weighted by molar-refractivity contribution is -0.144. The monoisotopic (exact) mass is 240 g/mol. The number of hydrogen-bond donors (Lipinski definition) is 1. The van der Waals surface area contributed by atoms with Crippen LogP contribution >= 0.6 is 0 Å². The van der Waals surface area contributed by atoms with Gasteiger partial charge in [0.25, 0.3) is 0 Å². The van der Waals surface area contributed by atoms with Crippen molar-refractivity contribution in [3.63, 3.8) is 0 Å². The van der Waals surface area contributed by atoms with Crippen LogP contribution in [0.3, 0.4) is 0 Å². The number of piperidine rings is 1. The van der Waals surface area contributed by atoms with Gasteiger partial charge in [0.05, 0.1) is 7.11 Å². The fourth-order valence-electron chi connectivity index (χ4n) is 3.23.